The Kier molecular flexibility index (Phi) is 5.08. The summed E-state index contributed by atoms with van der Waals surface area (Å²) in [4.78, 5) is 20.3. The second kappa shape index (κ2) is 7.23. The van der Waals surface area contributed by atoms with Crippen LogP contribution in [0.15, 0.2) is 29.8 Å². The molecule has 4 nitrogen and oxygen atoms in total. The van der Waals surface area contributed by atoms with Gasteiger partial charge in [0.15, 0.2) is 0 Å². The van der Waals surface area contributed by atoms with Crippen molar-refractivity contribution in [2.24, 2.45) is 0 Å². The first-order valence-electron chi connectivity index (χ1n) is 8.09. The fourth-order valence-electron chi connectivity index (χ4n) is 2.89. The Balaban J connectivity index is 1.46. The summed E-state index contributed by atoms with van der Waals surface area (Å²) in [5.41, 5.74) is 3.38. The number of amides is 1. The second-order valence-electron chi connectivity index (χ2n) is 6.23. The Hall–Kier alpha value is -1.72. The number of nitrogens with one attached hydrogen (secondary N) is 1. The van der Waals surface area contributed by atoms with Crippen molar-refractivity contribution < 1.29 is 4.79 Å². The third-order valence-electron chi connectivity index (χ3n) is 4.39. The summed E-state index contributed by atoms with van der Waals surface area (Å²) in [7, 11) is 0. The number of hydrogen-bond donors (Lipinski definition) is 1. The Morgan fingerprint density at radius 3 is 3.09 bits per heavy atom. The molecule has 122 valence electrons. The summed E-state index contributed by atoms with van der Waals surface area (Å²) >= 11 is 1.86. The maximum atomic E-state index is 12.1. The van der Waals surface area contributed by atoms with E-state index in [1.807, 2.05) is 30.4 Å². The van der Waals surface area contributed by atoms with Gasteiger partial charge in [-0.2, -0.15) is 0 Å². The maximum Gasteiger partial charge on any atom is 0.224 e. The van der Waals surface area contributed by atoms with Gasteiger partial charge in [-0.25, -0.2) is 0 Å². The number of fused-ring (bicyclic) bond motifs is 1. The largest absolute Gasteiger partial charge is 0.354 e. The average molecular weight is 329 g/mol. The van der Waals surface area contributed by atoms with Crippen LogP contribution in [0.25, 0.3) is 0 Å². The molecule has 0 saturated heterocycles. The van der Waals surface area contributed by atoms with Crippen molar-refractivity contribution in [3.05, 3.63) is 51.5 Å². The van der Waals surface area contributed by atoms with Crippen LogP contribution in [0.1, 0.15) is 28.6 Å². The van der Waals surface area contributed by atoms with E-state index in [1.54, 1.807) is 6.20 Å². The quantitative estimate of drug-likeness (QED) is 0.917. The first kappa shape index (κ1) is 16.1. The molecule has 2 aromatic rings. The van der Waals surface area contributed by atoms with Crippen LogP contribution < -0.4 is 5.32 Å². The van der Waals surface area contributed by atoms with Gasteiger partial charge in [0.1, 0.15) is 0 Å². The van der Waals surface area contributed by atoms with Crippen LogP contribution in [0.2, 0.25) is 0 Å². The molecule has 0 bridgehead atoms. The molecule has 1 N–H and O–H groups in total. The van der Waals surface area contributed by atoms with Crippen molar-refractivity contribution in [1.82, 2.24) is 15.2 Å². The van der Waals surface area contributed by atoms with Gasteiger partial charge in [0.05, 0.1) is 6.42 Å². The lowest BCUT2D eigenvalue weighted by Crippen LogP contribution is -2.44. The van der Waals surface area contributed by atoms with Gasteiger partial charge < -0.3 is 5.32 Å². The summed E-state index contributed by atoms with van der Waals surface area (Å²) in [6.45, 7) is 6.90. The van der Waals surface area contributed by atoms with Crippen molar-refractivity contribution in [2.75, 3.05) is 13.1 Å². The number of nitrogens with zero attached hydrogens (tertiary/aromatic N) is 2. The van der Waals surface area contributed by atoms with E-state index in [0.29, 0.717) is 19.0 Å². The smallest absolute Gasteiger partial charge is 0.224 e. The maximum absolute atomic E-state index is 12.1. The monoisotopic (exact) mass is 329 g/mol. The van der Waals surface area contributed by atoms with Crippen LogP contribution in [0.5, 0.6) is 0 Å². The Morgan fingerprint density at radius 1 is 1.43 bits per heavy atom. The second-order valence-corrected chi connectivity index (χ2v) is 7.23. The molecule has 0 spiro atoms. The summed E-state index contributed by atoms with van der Waals surface area (Å²) in [6.07, 6.45) is 3.30. The minimum absolute atomic E-state index is 0.0655. The molecule has 3 rings (SSSR count). The molecule has 1 aliphatic heterocycles. The number of carbonyl (C=O) groups excluding carboxylic acids is 1. The molecule has 0 aliphatic carbocycles. The first-order valence-corrected chi connectivity index (χ1v) is 8.97. The molecule has 5 heteroatoms. The standard InChI is InChI=1S/C18H23N3OS/c1-13-3-4-15(11-19-13)9-18(22)20-10-14(2)21-7-5-17-16(12-21)6-8-23-17/h3-4,6,8,11,14H,5,7,9-10,12H2,1-2H3,(H,20,22)/t14-/m1/s1. The third-order valence-corrected chi connectivity index (χ3v) is 5.42. The van der Waals surface area contributed by atoms with Crippen LogP contribution in [0, 0.1) is 6.92 Å². The molecular formula is C18H23N3OS. The SMILES string of the molecule is Cc1ccc(CC(=O)NC[C@@H](C)N2CCc3sccc3C2)cn1. The highest BCUT2D eigenvalue weighted by Crippen LogP contribution is 2.24. The average Bonchev–Trinajstić information content (AvgIpc) is 3.02. The fraction of sp³-hybridized carbons (Fsp3) is 0.444. The van der Waals surface area contributed by atoms with Gasteiger partial charge in [0, 0.05) is 42.4 Å². The lowest BCUT2D eigenvalue weighted by Gasteiger charge is -2.32. The highest BCUT2D eigenvalue weighted by molar-refractivity contribution is 7.10. The van der Waals surface area contributed by atoms with Gasteiger partial charge in [-0.15, -0.1) is 11.3 Å². The van der Waals surface area contributed by atoms with Gasteiger partial charge in [-0.3, -0.25) is 14.7 Å². The number of aryl methyl sites for hydroxylation is 1. The van der Waals surface area contributed by atoms with Crippen molar-refractivity contribution >= 4 is 17.2 Å². The van der Waals surface area contributed by atoms with Gasteiger partial charge >= 0.3 is 0 Å². The van der Waals surface area contributed by atoms with Crippen LogP contribution >= 0.6 is 11.3 Å². The van der Waals surface area contributed by atoms with Gasteiger partial charge in [-0.1, -0.05) is 6.07 Å². The summed E-state index contributed by atoms with van der Waals surface area (Å²) in [5, 5.41) is 5.23. The van der Waals surface area contributed by atoms with Crippen LogP contribution in [-0.2, 0) is 24.2 Å². The van der Waals surface area contributed by atoms with Crippen LogP contribution in [0.4, 0.5) is 0 Å². The molecule has 23 heavy (non-hydrogen) atoms. The number of hydrogen-bond acceptors (Lipinski definition) is 4. The van der Waals surface area contributed by atoms with E-state index in [2.05, 4.69) is 33.6 Å². The predicted molar refractivity (Wildman–Crippen MR) is 93.6 cm³/mol. The molecule has 2 aromatic heterocycles. The van der Waals surface area contributed by atoms with E-state index in [1.165, 1.54) is 10.4 Å². The molecule has 0 fully saturated rings. The molecule has 1 amide bonds. The van der Waals surface area contributed by atoms with Gasteiger partial charge in [0.25, 0.3) is 0 Å². The highest BCUT2D eigenvalue weighted by Gasteiger charge is 2.21. The summed E-state index contributed by atoms with van der Waals surface area (Å²) in [6, 6.07) is 6.48. The summed E-state index contributed by atoms with van der Waals surface area (Å²) in [5.74, 6) is 0.0655. The van der Waals surface area contributed by atoms with E-state index in [-0.39, 0.29) is 5.91 Å². The number of thiophene rings is 1. The predicted octanol–water partition coefficient (Wildman–Crippen LogP) is 2.56. The number of aromatic nitrogens is 1. The third kappa shape index (κ3) is 4.18. The van der Waals surface area contributed by atoms with E-state index in [0.717, 1.165) is 30.8 Å². The molecule has 0 unspecified atom stereocenters. The Bertz CT molecular complexity index is 665. The van der Waals surface area contributed by atoms with Crippen molar-refractivity contribution in [3.8, 4) is 0 Å². The van der Waals surface area contributed by atoms with E-state index < -0.39 is 0 Å². The zero-order valence-electron chi connectivity index (χ0n) is 13.7. The number of pyridine rings is 1. The first-order chi connectivity index (χ1) is 11.1. The van der Waals surface area contributed by atoms with Gasteiger partial charge in [-0.05, 0) is 48.9 Å². The van der Waals surface area contributed by atoms with E-state index in [9.17, 15) is 4.79 Å². The topological polar surface area (TPSA) is 45.2 Å². The van der Waals surface area contributed by atoms with Crippen molar-refractivity contribution in [1.29, 1.82) is 0 Å². The number of carbonyl (C=O) groups is 1. The lowest BCUT2D eigenvalue weighted by molar-refractivity contribution is -0.120. The minimum atomic E-state index is 0.0655. The Morgan fingerprint density at radius 2 is 2.30 bits per heavy atom. The zero-order valence-corrected chi connectivity index (χ0v) is 14.5. The van der Waals surface area contributed by atoms with Crippen molar-refractivity contribution in [3.63, 3.8) is 0 Å². The van der Waals surface area contributed by atoms with Crippen LogP contribution in [0.3, 0.4) is 0 Å². The molecule has 0 radical (unpaired) electrons. The molecule has 0 saturated carbocycles. The molecule has 3 heterocycles. The van der Waals surface area contributed by atoms with E-state index in [4.69, 9.17) is 0 Å². The van der Waals surface area contributed by atoms with Crippen molar-refractivity contribution in [2.45, 2.75) is 39.3 Å². The molecule has 0 aromatic carbocycles. The highest BCUT2D eigenvalue weighted by atomic mass is 32.1. The molecule has 1 atom stereocenters. The molecular weight excluding hydrogens is 306 g/mol. The Labute approximate surface area is 141 Å². The fourth-order valence-corrected chi connectivity index (χ4v) is 3.78. The molecule has 1 aliphatic rings. The lowest BCUT2D eigenvalue weighted by atomic mass is 10.1. The zero-order chi connectivity index (χ0) is 16.2. The van der Waals surface area contributed by atoms with Gasteiger partial charge in [0.2, 0.25) is 5.91 Å². The minimum Gasteiger partial charge on any atom is -0.354 e. The summed E-state index contributed by atoms with van der Waals surface area (Å²) < 4.78 is 0. The van der Waals surface area contributed by atoms with Crippen LogP contribution in [-0.4, -0.2) is 34.9 Å². The van der Waals surface area contributed by atoms with E-state index >= 15 is 0 Å². The number of rotatable bonds is 5. The normalized spacial score (nSPS) is 15.9.